The third-order valence-corrected chi connectivity index (χ3v) is 3.62. The van der Waals surface area contributed by atoms with E-state index < -0.39 is 4.92 Å². The molecule has 0 aromatic carbocycles. The Morgan fingerprint density at radius 1 is 1.40 bits per heavy atom. The molecule has 8 nitrogen and oxygen atoms in total. The molecule has 1 saturated heterocycles. The number of nitrogens with zero attached hydrogens (tertiary/aromatic N) is 3. The molecule has 0 bridgehead atoms. The molecule has 8 heteroatoms. The third kappa shape index (κ3) is 3.13. The molecule has 0 radical (unpaired) electrons. The van der Waals surface area contributed by atoms with Crippen LogP contribution >= 0.6 is 0 Å². The number of nitro groups is 1. The van der Waals surface area contributed by atoms with Crippen molar-refractivity contribution >= 4 is 17.3 Å². The lowest BCUT2D eigenvalue weighted by Crippen LogP contribution is -2.33. The zero-order valence-electron chi connectivity index (χ0n) is 11.7. The van der Waals surface area contributed by atoms with Gasteiger partial charge in [-0.3, -0.25) is 10.1 Å². The van der Waals surface area contributed by atoms with E-state index >= 15 is 0 Å². The molecule has 1 aliphatic rings. The van der Waals surface area contributed by atoms with E-state index in [1.165, 1.54) is 6.33 Å². The average Bonchev–Trinajstić information content (AvgIpc) is 2.45. The minimum atomic E-state index is -0.472. The van der Waals surface area contributed by atoms with Gasteiger partial charge in [0.25, 0.3) is 0 Å². The van der Waals surface area contributed by atoms with Crippen LogP contribution in [0.15, 0.2) is 6.33 Å². The quantitative estimate of drug-likeness (QED) is 0.625. The molecule has 20 heavy (non-hydrogen) atoms. The van der Waals surface area contributed by atoms with Crippen molar-refractivity contribution in [2.45, 2.75) is 19.8 Å². The lowest BCUT2D eigenvalue weighted by molar-refractivity contribution is -0.383. The van der Waals surface area contributed by atoms with Crippen LogP contribution in [0.1, 0.15) is 19.8 Å². The summed E-state index contributed by atoms with van der Waals surface area (Å²) in [5.41, 5.74) is -0.0534. The second-order valence-electron chi connectivity index (χ2n) is 5.20. The van der Waals surface area contributed by atoms with Crippen molar-refractivity contribution in [3.8, 4) is 0 Å². The maximum Gasteiger partial charge on any atom is 0.353 e. The van der Waals surface area contributed by atoms with Crippen LogP contribution in [0.25, 0.3) is 0 Å². The van der Waals surface area contributed by atoms with Crippen LogP contribution in [-0.4, -0.2) is 41.7 Å². The Morgan fingerprint density at radius 3 is 2.65 bits per heavy atom. The summed E-state index contributed by atoms with van der Waals surface area (Å²) in [7, 11) is 1.60. The van der Waals surface area contributed by atoms with Crippen LogP contribution in [0.3, 0.4) is 0 Å². The summed E-state index contributed by atoms with van der Waals surface area (Å²) >= 11 is 0. The van der Waals surface area contributed by atoms with Gasteiger partial charge in [-0.05, 0) is 18.3 Å². The first-order valence-electron chi connectivity index (χ1n) is 6.54. The van der Waals surface area contributed by atoms with Crippen LogP contribution in [0, 0.1) is 15.5 Å². The Kier molecular flexibility index (Phi) is 4.33. The van der Waals surface area contributed by atoms with E-state index in [9.17, 15) is 10.1 Å². The van der Waals surface area contributed by atoms with Crippen molar-refractivity contribution in [3.63, 3.8) is 0 Å². The molecule has 0 unspecified atom stereocenters. The molecule has 0 saturated carbocycles. The van der Waals surface area contributed by atoms with Crippen molar-refractivity contribution in [1.82, 2.24) is 9.97 Å². The van der Waals surface area contributed by atoms with E-state index in [-0.39, 0.29) is 22.7 Å². The van der Waals surface area contributed by atoms with Crippen LogP contribution in [0.5, 0.6) is 0 Å². The number of hydrogen-bond donors (Lipinski definition) is 2. The smallest absolute Gasteiger partial charge is 0.353 e. The molecule has 2 rings (SSSR count). The zero-order chi connectivity index (χ0) is 14.6. The molecule has 1 fully saturated rings. The van der Waals surface area contributed by atoms with Crippen molar-refractivity contribution < 1.29 is 9.66 Å². The fourth-order valence-electron chi connectivity index (χ4n) is 2.20. The topological polar surface area (TPSA) is 102 Å². The van der Waals surface area contributed by atoms with Gasteiger partial charge in [0.2, 0.25) is 11.6 Å². The maximum atomic E-state index is 11.2. The fraction of sp³-hybridized carbons (Fsp3) is 0.667. The van der Waals surface area contributed by atoms with Gasteiger partial charge in [0.15, 0.2) is 0 Å². The van der Waals surface area contributed by atoms with Gasteiger partial charge in [0, 0.05) is 26.8 Å². The van der Waals surface area contributed by atoms with Gasteiger partial charge in [-0.2, -0.15) is 0 Å². The highest BCUT2D eigenvalue weighted by atomic mass is 16.6. The van der Waals surface area contributed by atoms with Gasteiger partial charge in [-0.25, -0.2) is 9.97 Å². The van der Waals surface area contributed by atoms with E-state index in [1.807, 2.05) is 0 Å². The highest BCUT2D eigenvalue weighted by molar-refractivity contribution is 5.69. The van der Waals surface area contributed by atoms with Gasteiger partial charge in [0.05, 0.1) is 4.92 Å². The average molecular weight is 281 g/mol. The first kappa shape index (κ1) is 14.4. The molecule has 2 N–H and O–H groups in total. The Balaban J connectivity index is 2.14. The summed E-state index contributed by atoms with van der Waals surface area (Å²) in [5, 5.41) is 17.0. The van der Waals surface area contributed by atoms with E-state index in [1.54, 1.807) is 7.05 Å². The highest BCUT2D eigenvalue weighted by Crippen LogP contribution is 2.33. The fourth-order valence-corrected chi connectivity index (χ4v) is 2.20. The predicted molar refractivity (Wildman–Crippen MR) is 74.9 cm³/mol. The number of ether oxygens (including phenoxy) is 1. The van der Waals surface area contributed by atoms with E-state index in [0.29, 0.717) is 6.54 Å². The second-order valence-corrected chi connectivity index (χ2v) is 5.20. The molecule has 1 aromatic heterocycles. The van der Waals surface area contributed by atoms with Crippen LogP contribution in [-0.2, 0) is 4.74 Å². The molecule has 1 aliphatic heterocycles. The minimum Gasteiger partial charge on any atom is -0.381 e. The number of hydrogen-bond acceptors (Lipinski definition) is 7. The van der Waals surface area contributed by atoms with Crippen LogP contribution in [0.4, 0.5) is 17.3 Å². The second kappa shape index (κ2) is 6.00. The number of aromatic nitrogens is 2. The highest BCUT2D eigenvalue weighted by Gasteiger charge is 2.29. The SMILES string of the molecule is CNc1ncnc(NCC2(C)CCOCC2)c1[N+](=O)[O-]. The van der Waals surface area contributed by atoms with Crippen molar-refractivity contribution in [2.24, 2.45) is 5.41 Å². The standard InChI is InChI=1S/C12H19N5O3/c1-12(3-5-20-6-4-12)7-14-11-9(17(18)19)10(13-2)15-8-16-11/h8H,3-7H2,1-2H3,(H2,13,14,15,16). The summed E-state index contributed by atoms with van der Waals surface area (Å²) < 4.78 is 5.34. The Morgan fingerprint density at radius 2 is 2.05 bits per heavy atom. The summed E-state index contributed by atoms with van der Waals surface area (Å²) in [4.78, 5) is 18.5. The summed E-state index contributed by atoms with van der Waals surface area (Å²) in [6.07, 6.45) is 3.17. The third-order valence-electron chi connectivity index (χ3n) is 3.62. The molecular formula is C12H19N5O3. The monoisotopic (exact) mass is 281 g/mol. The molecule has 0 spiro atoms. The first-order valence-corrected chi connectivity index (χ1v) is 6.54. The summed E-state index contributed by atoms with van der Waals surface area (Å²) in [6.45, 7) is 4.23. The van der Waals surface area contributed by atoms with E-state index in [0.717, 1.165) is 26.1 Å². The van der Waals surface area contributed by atoms with E-state index in [2.05, 4.69) is 27.5 Å². The molecule has 0 aliphatic carbocycles. The molecule has 2 heterocycles. The summed E-state index contributed by atoms with van der Waals surface area (Å²) in [6, 6.07) is 0. The Hall–Kier alpha value is -1.96. The molecular weight excluding hydrogens is 262 g/mol. The number of anilines is 2. The van der Waals surface area contributed by atoms with Crippen molar-refractivity contribution in [3.05, 3.63) is 16.4 Å². The summed E-state index contributed by atoms with van der Waals surface area (Å²) in [5.74, 6) is 0.465. The normalized spacial score (nSPS) is 17.5. The van der Waals surface area contributed by atoms with E-state index in [4.69, 9.17) is 4.74 Å². The molecule has 110 valence electrons. The van der Waals surface area contributed by atoms with Crippen LogP contribution < -0.4 is 10.6 Å². The first-order chi connectivity index (χ1) is 9.56. The van der Waals surface area contributed by atoms with Gasteiger partial charge < -0.3 is 15.4 Å². The Bertz CT molecular complexity index is 488. The lowest BCUT2D eigenvalue weighted by atomic mass is 9.82. The van der Waals surface area contributed by atoms with Gasteiger partial charge >= 0.3 is 5.69 Å². The van der Waals surface area contributed by atoms with Gasteiger partial charge in [-0.1, -0.05) is 6.92 Å². The van der Waals surface area contributed by atoms with Gasteiger partial charge in [-0.15, -0.1) is 0 Å². The largest absolute Gasteiger partial charge is 0.381 e. The minimum absolute atomic E-state index is 0.0663. The number of rotatable bonds is 5. The van der Waals surface area contributed by atoms with Gasteiger partial charge in [0.1, 0.15) is 6.33 Å². The molecule has 0 amide bonds. The maximum absolute atomic E-state index is 11.2. The number of nitrogens with one attached hydrogen (secondary N) is 2. The van der Waals surface area contributed by atoms with Crippen molar-refractivity contribution in [1.29, 1.82) is 0 Å². The molecule has 1 aromatic rings. The lowest BCUT2D eigenvalue weighted by Gasteiger charge is -2.33. The Labute approximate surface area is 117 Å². The van der Waals surface area contributed by atoms with Crippen molar-refractivity contribution in [2.75, 3.05) is 37.4 Å². The zero-order valence-corrected chi connectivity index (χ0v) is 11.7. The molecule has 0 atom stereocenters. The predicted octanol–water partition coefficient (Wildman–Crippen LogP) is 1.66. The van der Waals surface area contributed by atoms with Crippen LogP contribution in [0.2, 0.25) is 0 Å².